The average molecular weight is 160 g/mol. The van der Waals surface area contributed by atoms with Crippen LogP contribution in [0.2, 0.25) is 0 Å². The Morgan fingerprint density at radius 1 is 1.70 bits per heavy atom. The molecule has 0 fully saturated rings. The molecular weight excluding hydrogens is 148 g/mol. The molecule has 1 unspecified atom stereocenters. The van der Waals surface area contributed by atoms with Crippen molar-refractivity contribution in [3.05, 3.63) is 12.2 Å². The number of hydrogen-bond donors (Lipinski definition) is 2. The van der Waals surface area contributed by atoms with Crippen molar-refractivity contribution in [2.75, 3.05) is 0 Å². The fourth-order valence-corrected chi connectivity index (χ4v) is 0.614. The van der Waals surface area contributed by atoms with Crippen LogP contribution in [-0.4, -0.2) is 16.3 Å². The highest BCUT2D eigenvalue weighted by atomic mass is 32.1. The quantitative estimate of drug-likeness (QED) is 0.485. The number of carboxylic acids is 1. The summed E-state index contributed by atoms with van der Waals surface area (Å²) >= 11 is 3.85. The molecule has 0 radical (unpaired) electrons. The van der Waals surface area contributed by atoms with Crippen LogP contribution >= 0.6 is 12.6 Å². The number of allylic oxidation sites excluding steroid dienone is 2. The van der Waals surface area contributed by atoms with Crippen LogP contribution in [0.1, 0.15) is 19.8 Å². The van der Waals surface area contributed by atoms with Gasteiger partial charge in [0.1, 0.15) is 5.25 Å². The highest BCUT2D eigenvalue weighted by molar-refractivity contribution is 7.81. The van der Waals surface area contributed by atoms with Gasteiger partial charge in [-0.3, -0.25) is 4.79 Å². The minimum absolute atomic E-state index is 0.506. The van der Waals surface area contributed by atoms with E-state index in [1.54, 1.807) is 0 Å². The molecule has 2 nitrogen and oxygen atoms in total. The summed E-state index contributed by atoms with van der Waals surface area (Å²) in [5, 5.41) is 7.82. The minimum atomic E-state index is -0.857. The first-order chi connectivity index (χ1) is 4.68. The molecule has 0 spiro atoms. The van der Waals surface area contributed by atoms with Crippen LogP contribution < -0.4 is 0 Å². The smallest absolute Gasteiger partial charge is 0.316 e. The van der Waals surface area contributed by atoms with Crippen LogP contribution in [0.25, 0.3) is 0 Å². The zero-order valence-corrected chi connectivity index (χ0v) is 6.84. The molecule has 0 saturated heterocycles. The maximum atomic E-state index is 10.2. The van der Waals surface area contributed by atoms with Crippen molar-refractivity contribution in [2.24, 2.45) is 0 Å². The third kappa shape index (κ3) is 4.44. The summed E-state index contributed by atoms with van der Waals surface area (Å²) in [6.07, 6.45) is 5.23. The molecule has 0 aliphatic carbocycles. The van der Waals surface area contributed by atoms with E-state index in [1.165, 1.54) is 0 Å². The average Bonchev–Trinajstić information content (AvgIpc) is 1.88. The van der Waals surface area contributed by atoms with Gasteiger partial charge in [-0.25, -0.2) is 0 Å². The topological polar surface area (TPSA) is 37.3 Å². The van der Waals surface area contributed by atoms with E-state index in [9.17, 15) is 4.79 Å². The van der Waals surface area contributed by atoms with Crippen molar-refractivity contribution >= 4 is 18.6 Å². The van der Waals surface area contributed by atoms with Gasteiger partial charge in [-0.1, -0.05) is 19.1 Å². The Morgan fingerprint density at radius 2 is 2.30 bits per heavy atom. The molecule has 0 bridgehead atoms. The summed E-state index contributed by atoms with van der Waals surface area (Å²) in [5.74, 6) is -0.857. The lowest BCUT2D eigenvalue weighted by atomic mass is 10.2. The first-order valence-electron chi connectivity index (χ1n) is 3.24. The van der Waals surface area contributed by atoms with Gasteiger partial charge in [0.05, 0.1) is 0 Å². The van der Waals surface area contributed by atoms with Gasteiger partial charge in [0, 0.05) is 0 Å². The SMILES string of the molecule is CCC=CCC(S)C(=O)O. The number of carboxylic acid groups (broad SMARTS) is 1. The van der Waals surface area contributed by atoms with E-state index in [4.69, 9.17) is 5.11 Å². The molecular formula is C7H12O2S. The third-order valence-corrected chi connectivity index (χ3v) is 1.48. The van der Waals surface area contributed by atoms with Gasteiger partial charge >= 0.3 is 5.97 Å². The summed E-state index contributed by atoms with van der Waals surface area (Å²) in [5.41, 5.74) is 0. The standard InChI is InChI=1S/C7H12O2S/c1-2-3-4-5-6(10)7(8)9/h3-4,6,10H,2,5H2,1H3,(H,8,9). The van der Waals surface area contributed by atoms with Gasteiger partial charge in [-0.2, -0.15) is 12.6 Å². The fraction of sp³-hybridized carbons (Fsp3) is 0.571. The third-order valence-electron chi connectivity index (χ3n) is 1.05. The predicted octanol–water partition coefficient (Wildman–Crippen LogP) is 1.73. The van der Waals surface area contributed by atoms with E-state index >= 15 is 0 Å². The van der Waals surface area contributed by atoms with Crippen molar-refractivity contribution in [3.8, 4) is 0 Å². The molecule has 0 aromatic heterocycles. The highest BCUT2D eigenvalue weighted by Crippen LogP contribution is 2.02. The van der Waals surface area contributed by atoms with Crippen molar-refractivity contribution in [1.29, 1.82) is 0 Å². The molecule has 1 N–H and O–H groups in total. The Kier molecular flexibility index (Phi) is 5.12. The Balaban J connectivity index is 3.48. The maximum absolute atomic E-state index is 10.2. The van der Waals surface area contributed by atoms with E-state index in [-0.39, 0.29) is 0 Å². The predicted molar refractivity (Wildman–Crippen MR) is 44.5 cm³/mol. The Bertz CT molecular complexity index is 132. The van der Waals surface area contributed by atoms with E-state index in [2.05, 4.69) is 12.6 Å². The first-order valence-corrected chi connectivity index (χ1v) is 3.76. The normalized spacial score (nSPS) is 13.8. The van der Waals surface area contributed by atoms with Gasteiger partial charge in [-0.15, -0.1) is 0 Å². The maximum Gasteiger partial charge on any atom is 0.316 e. The second kappa shape index (κ2) is 5.35. The summed E-state index contributed by atoms with van der Waals surface area (Å²) in [7, 11) is 0. The lowest BCUT2D eigenvalue weighted by Gasteiger charge is -1.98. The molecule has 1 atom stereocenters. The molecule has 0 amide bonds. The molecule has 0 aromatic rings. The zero-order valence-electron chi connectivity index (χ0n) is 5.95. The van der Waals surface area contributed by atoms with Crippen molar-refractivity contribution in [3.63, 3.8) is 0 Å². The van der Waals surface area contributed by atoms with Crippen molar-refractivity contribution < 1.29 is 9.90 Å². The monoisotopic (exact) mass is 160 g/mol. The van der Waals surface area contributed by atoms with Crippen molar-refractivity contribution in [1.82, 2.24) is 0 Å². The number of aliphatic carboxylic acids is 1. The first kappa shape index (κ1) is 9.56. The van der Waals surface area contributed by atoms with Crippen LogP contribution in [0.5, 0.6) is 0 Å². The molecule has 0 heterocycles. The lowest BCUT2D eigenvalue weighted by molar-refractivity contribution is -0.136. The zero-order chi connectivity index (χ0) is 7.98. The van der Waals surface area contributed by atoms with Gasteiger partial charge in [-0.05, 0) is 12.8 Å². The highest BCUT2D eigenvalue weighted by Gasteiger charge is 2.07. The van der Waals surface area contributed by atoms with Gasteiger partial charge in [0.15, 0.2) is 0 Å². The summed E-state index contributed by atoms with van der Waals surface area (Å²) in [6.45, 7) is 2.00. The largest absolute Gasteiger partial charge is 0.480 e. The number of rotatable bonds is 4. The van der Waals surface area contributed by atoms with Crippen LogP contribution in [0.15, 0.2) is 12.2 Å². The number of carbonyl (C=O) groups is 1. The van der Waals surface area contributed by atoms with Crippen LogP contribution in [-0.2, 0) is 4.79 Å². The Labute approximate surface area is 66.4 Å². The molecule has 0 aliphatic rings. The summed E-state index contributed by atoms with van der Waals surface area (Å²) in [4.78, 5) is 10.2. The van der Waals surface area contributed by atoms with Crippen LogP contribution in [0.3, 0.4) is 0 Å². The second-order valence-corrected chi connectivity index (χ2v) is 2.59. The summed E-state index contributed by atoms with van der Waals surface area (Å²) < 4.78 is 0. The Hall–Kier alpha value is -0.440. The summed E-state index contributed by atoms with van der Waals surface area (Å²) in [6, 6.07) is 0. The van der Waals surface area contributed by atoms with Gasteiger partial charge < -0.3 is 5.11 Å². The molecule has 10 heavy (non-hydrogen) atoms. The molecule has 0 rings (SSSR count). The molecule has 0 aliphatic heterocycles. The minimum Gasteiger partial charge on any atom is -0.480 e. The molecule has 0 saturated carbocycles. The molecule has 0 aromatic carbocycles. The van der Waals surface area contributed by atoms with E-state index < -0.39 is 11.2 Å². The van der Waals surface area contributed by atoms with E-state index in [0.717, 1.165) is 6.42 Å². The van der Waals surface area contributed by atoms with Crippen molar-refractivity contribution in [2.45, 2.75) is 25.0 Å². The fourth-order valence-electron chi connectivity index (χ4n) is 0.493. The molecule has 3 heteroatoms. The second-order valence-electron chi connectivity index (χ2n) is 1.97. The number of thiol groups is 1. The van der Waals surface area contributed by atoms with Crippen LogP contribution in [0, 0.1) is 0 Å². The van der Waals surface area contributed by atoms with Gasteiger partial charge in [0.25, 0.3) is 0 Å². The van der Waals surface area contributed by atoms with E-state index in [1.807, 2.05) is 19.1 Å². The van der Waals surface area contributed by atoms with Gasteiger partial charge in [0.2, 0.25) is 0 Å². The molecule has 58 valence electrons. The van der Waals surface area contributed by atoms with E-state index in [0.29, 0.717) is 6.42 Å². The Morgan fingerprint density at radius 3 is 2.70 bits per heavy atom. The lowest BCUT2D eigenvalue weighted by Crippen LogP contribution is -2.11. The number of hydrogen-bond acceptors (Lipinski definition) is 2. The van der Waals surface area contributed by atoms with Crippen LogP contribution in [0.4, 0.5) is 0 Å².